The minimum absolute atomic E-state index is 0.195. The molecule has 0 aliphatic carbocycles. The first-order chi connectivity index (χ1) is 9.34. The van der Waals surface area contributed by atoms with Crippen LogP contribution in [-0.4, -0.2) is 38.4 Å². The number of methoxy groups -OCH3 is 1. The predicted octanol–water partition coefficient (Wildman–Crippen LogP) is 1.98. The highest BCUT2D eigenvalue weighted by molar-refractivity contribution is 5.97. The summed E-state index contributed by atoms with van der Waals surface area (Å²) in [5.41, 5.74) is 8.54. The number of benzene rings is 1. The molecule has 1 heterocycles. The molecule has 0 saturated carbocycles. The molecule has 5 heteroatoms. The molecule has 0 spiro atoms. The third-order valence-corrected chi connectivity index (χ3v) is 3.57. The minimum Gasteiger partial charge on any atom is -0.465 e. The Morgan fingerprint density at radius 2 is 2.15 bits per heavy atom. The summed E-state index contributed by atoms with van der Waals surface area (Å²) in [6.07, 6.45) is 0. The summed E-state index contributed by atoms with van der Waals surface area (Å²) < 4.78 is 10.5. The van der Waals surface area contributed by atoms with Crippen molar-refractivity contribution in [2.24, 2.45) is 0 Å². The second-order valence-corrected chi connectivity index (χ2v) is 5.75. The highest BCUT2D eigenvalue weighted by Crippen LogP contribution is 2.29. The number of carbonyl (C=O) groups excluding carboxylic acids is 1. The van der Waals surface area contributed by atoms with E-state index in [4.69, 9.17) is 15.2 Å². The van der Waals surface area contributed by atoms with Crippen molar-refractivity contribution in [2.45, 2.75) is 26.4 Å². The van der Waals surface area contributed by atoms with Crippen molar-refractivity contribution < 1.29 is 14.3 Å². The Labute approximate surface area is 119 Å². The molecule has 0 radical (unpaired) electrons. The third-order valence-electron chi connectivity index (χ3n) is 3.57. The quantitative estimate of drug-likeness (QED) is 0.662. The average molecular weight is 278 g/mol. The molecule has 0 aromatic heterocycles. The lowest BCUT2D eigenvalue weighted by atomic mass is 10.0. The van der Waals surface area contributed by atoms with Crippen LogP contribution in [0.4, 0.5) is 11.4 Å². The number of aryl methyl sites for hydroxylation is 1. The van der Waals surface area contributed by atoms with E-state index in [-0.39, 0.29) is 5.60 Å². The summed E-state index contributed by atoms with van der Waals surface area (Å²) in [6, 6.07) is 3.80. The number of morpholine rings is 1. The van der Waals surface area contributed by atoms with Gasteiger partial charge < -0.3 is 20.1 Å². The van der Waals surface area contributed by atoms with Gasteiger partial charge in [0.2, 0.25) is 0 Å². The van der Waals surface area contributed by atoms with Gasteiger partial charge >= 0.3 is 5.97 Å². The Morgan fingerprint density at radius 1 is 1.45 bits per heavy atom. The first-order valence-electron chi connectivity index (χ1n) is 6.71. The van der Waals surface area contributed by atoms with E-state index in [2.05, 4.69) is 18.7 Å². The van der Waals surface area contributed by atoms with E-state index >= 15 is 0 Å². The Balaban J connectivity index is 2.37. The molecule has 2 N–H and O–H groups in total. The molecule has 2 rings (SSSR count). The van der Waals surface area contributed by atoms with Crippen molar-refractivity contribution in [3.8, 4) is 0 Å². The molecule has 1 aromatic carbocycles. The zero-order valence-electron chi connectivity index (χ0n) is 12.5. The number of esters is 1. The van der Waals surface area contributed by atoms with Crippen LogP contribution in [0, 0.1) is 6.92 Å². The number of carbonyl (C=O) groups is 1. The van der Waals surface area contributed by atoms with Crippen molar-refractivity contribution in [1.82, 2.24) is 0 Å². The Hall–Kier alpha value is -1.75. The lowest BCUT2D eigenvalue weighted by Crippen LogP contribution is -2.48. The zero-order valence-corrected chi connectivity index (χ0v) is 12.5. The summed E-state index contributed by atoms with van der Waals surface area (Å²) in [7, 11) is 1.36. The van der Waals surface area contributed by atoms with Gasteiger partial charge in [-0.1, -0.05) is 0 Å². The Morgan fingerprint density at radius 3 is 2.75 bits per heavy atom. The summed E-state index contributed by atoms with van der Waals surface area (Å²) in [6.45, 7) is 8.26. The van der Waals surface area contributed by atoms with Crippen LogP contribution in [0.1, 0.15) is 29.8 Å². The highest BCUT2D eigenvalue weighted by atomic mass is 16.5. The average Bonchev–Trinajstić information content (AvgIpc) is 2.39. The van der Waals surface area contributed by atoms with Gasteiger partial charge in [0.1, 0.15) is 0 Å². The van der Waals surface area contributed by atoms with E-state index in [1.165, 1.54) is 7.11 Å². The first-order valence-corrected chi connectivity index (χ1v) is 6.71. The molecular weight excluding hydrogens is 256 g/mol. The molecule has 1 aliphatic heterocycles. The number of nitrogens with two attached hydrogens (primary N) is 1. The van der Waals surface area contributed by atoms with Crippen molar-refractivity contribution in [3.05, 3.63) is 23.3 Å². The topological polar surface area (TPSA) is 64.8 Å². The standard InChI is InChI=1S/C15H22N2O3/c1-10-7-11(8-12(13(10)16)14(18)19-4)17-5-6-20-15(2,3)9-17/h7-8H,5-6,9,16H2,1-4H3. The fourth-order valence-corrected chi connectivity index (χ4v) is 2.48. The largest absolute Gasteiger partial charge is 0.465 e. The van der Waals surface area contributed by atoms with Crippen molar-refractivity contribution in [2.75, 3.05) is 37.4 Å². The maximum Gasteiger partial charge on any atom is 0.340 e. The predicted molar refractivity (Wildman–Crippen MR) is 79.2 cm³/mol. The van der Waals surface area contributed by atoms with Gasteiger partial charge in [0, 0.05) is 24.5 Å². The lowest BCUT2D eigenvalue weighted by molar-refractivity contribution is -0.0276. The van der Waals surface area contributed by atoms with Gasteiger partial charge in [-0.05, 0) is 38.5 Å². The first kappa shape index (κ1) is 14.7. The van der Waals surface area contributed by atoms with Gasteiger partial charge in [-0.15, -0.1) is 0 Å². The number of nitrogens with zero attached hydrogens (tertiary/aromatic N) is 1. The van der Waals surface area contributed by atoms with Crippen LogP contribution in [-0.2, 0) is 9.47 Å². The molecule has 5 nitrogen and oxygen atoms in total. The van der Waals surface area contributed by atoms with Crippen LogP contribution in [0.5, 0.6) is 0 Å². The second-order valence-electron chi connectivity index (χ2n) is 5.75. The van der Waals surface area contributed by atoms with Gasteiger partial charge in [0.05, 0.1) is 24.9 Å². The summed E-state index contributed by atoms with van der Waals surface area (Å²) in [4.78, 5) is 14.0. The van der Waals surface area contributed by atoms with Gasteiger partial charge in [0.25, 0.3) is 0 Å². The minimum atomic E-state index is -0.403. The number of anilines is 2. The van der Waals surface area contributed by atoms with Crippen molar-refractivity contribution in [1.29, 1.82) is 0 Å². The van der Waals surface area contributed by atoms with E-state index in [0.29, 0.717) is 17.9 Å². The molecule has 1 saturated heterocycles. The number of rotatable bonds is 2. The van der Waals surface area contributed by atoms with Gasteiger partial charge in [0.15, 0.2) is 0 Å². The van der Waals surface area contributed by atoms with Crippen LogP contribution < -0.4 is 10.6 Å². The van der Waals surface area contributed by atoms with E-state index in [1.807, 2.05) is 13.0 Å². The number of nitrogen functional groups attached to an aromatic ring is 1. The van der Waals surface area contributed by atoms with Crippen molar-refractivity contribution >= 4 is 17.3 Å². The molecule has 0 unspecified atom stereocenters. The summed E-state index contributed by atoms with van der Waals surface area (Å²) in [5, 5.41) is 0. The normalized spacial score (nSPS) is 17.9. The Bertz CT molecular complexity index is 526. The van der Waals surface area contributed by atoms with E-state index < -0.39 is 5.97 Å². The van der Waals surface area contributed by atoms with E-state index in [0.717, 1.165) is 24.3 Å². The molecule has 1 aliphatic rings. The van der Waals surface area contributed by atoms with Crippen LogP contribution in [0.2, 0.25) is 0 Å². The number of hydrogen-bond acceptors (Lipinski definition) is 5. The molecule has 0 atom stereocenters. The molecular formula is C15H22N2O3. The third kappa shape index (κ3) is 2.88. The zero-order chi connectivity index (χ0) is 14.9. The lowest BCUT2D eigenvalue weighted by Gasteiger charge is -2.39. The number of hydrogen-bond donors (Lipinski definition) is 1. The van der Waals surface area contributed by atoms with Gasteiger partial charge in [-0.3, -0.25) is 0 Å². The molecule has 20 heavy (non-hydrogen) atoms. The second kappa shape index (κ2) is 5.32. The van der Waals surface area contributed by atoms with Crippen LogP contribution >= 0.6 is 0 Å². The van der Waals surface area contributed by atoms with E-state index in [9.17, 15) is 4.79 Å². The van der Waals surface area contributed by atoms with Crippen molar-refractivity contribution in [3.63, 3.8) is 0 Å². The molecule has 0 amide bonds. The molecule has 1 fully saturated rings. The summed E-state index contributed by atoms with van der Waals surface area (Å²) >= 11 is 0. The summed E-state index contributed by atoms with van der Waals surface area (Å²) in [5.74, 6) is -0.403. The Kier molecular flexibility index (Phi) is 3.90. The van der Waals surface area contributed by atoms with Gasteiger partial charge in [-0.2, -0.15) is 0 Å². The highest BCUT2D eigenvalue weighted by Gasteiger charge is 2.28. The number of ether oxygens (including phenoxy) is 2. The monoisotopic (exact) mass is 278 g/mol. The maximum absolute atomic E-state index is 11.8. The fourth-order valence-electron chi connectivity index (χ4n) is 2.48. The SMILES string of the molecule is COC(=O)c1cc(N2CCOC(C)(C)C2)cc(C)c1N. The molecule has 110 valence electrons. The maximum atomic E-state index is 11.8. The van der Waals surface area contributed by atoms with E-state index in [1.54, 1.807) is 6.07 Å². The fraction of sp³-hybridized carbons (Fsp3) is 0.533. The van der Waals surface area contributed by atoms with Crippen LogP contribution in [0.3, 0.4) is 0 Å². The van der Waals surface area contributed by atoms with Gasteiger partial charge in [-0.25, -0.2) is 4.79 Å². The molecule has 1 aromatic rings. The smallest absolute Gasteiger partial charge is 0.340 e. The van der Waals surface area contributed by atoms with Crippen LogP contribution in [0.25, 0.3) is 0 Å². The molecule has 0 bridgehead atoms. The van der Waals surface area contributed by atoms with Crippen LogP contribution in [0.15, 0.2) is 12.1 Å².